The molecule has 0 aliphatic heterocycles. The standard InChI is InChI=1S/C15H19N3O3S/c1-12(14(19)17-15(11-16)9-5-6-10-15)18-22(20,21)13-7-3-2-4-8-13/h2-4,7-8,12,18H,5-6,9-10H2,1H3,(H,17,19)/t12-/m0/s1. The maximum absolute atomic E-state index is 12.2. The zero-order chi connectivity index (χ0) is 16.2. The van der Waals surface area contributed by atoms with Crippen LogP contribution < -0.4 is 10.0 Å². The molecule has 2 N–H and O–H groups in total. The van der Waals surface area contributed by atoms with E-state index in [2.05, 4.69) is 16.1 Å². The molecular weight excluding hydrogens is 302 g/mol. The van der Waals surface area contributed by atoms with Crippen LogP contribution in [0.1, 0.15) is 32.6 Å². The van der Waals surface area contributed by atoms with Gasteiger partial charge in [-0.15, -0.1) is 0 Å². The Labute approximate surface area is 130 Å². The highest BCUT2D eigenvalue weighted by Crippen LogP contribution is 2.28. The van der Waals surface area contributed by atoms with Gasteiger partial charge in [-0.05, 0) is 44.7 Å². The van der Waals surface area contributed by atoms with Gasteiger partial charge in [0.15, 0.2) is 0 Å². The fraction of sp³-hybridized carbons (Fsp3) is 0.467. The average Bonchev–Trinajstić information content (AvgIpc) is 2.97. The molecule has 7 heteroatoms. The summed E-state index contributed by atoms with van der Waals surface area (Å²) in [6, 6.07) is 9.06. The van der Waals surface area contributed by atoms with E-state index >= 15 is 0 Å². The molecule has 2 rings (SSSR count). The number of nitrogens with zero attached hydrogens (tertiary/aromatic N) is 1. The molecule has 1 fully saturated rings. The van der Waals surface area contributed by atoms with E-state index in [0.29, 0.717) is 12.8 Å². The molecule has 22 heavy (non-hydrogen) atoms. The number of rotatable bonds is 5. The third-order valence-corrected chi connectivity index (χ3v) is 5.37. The van der Waals surface area contributed by atoms with Crippen LogP contribution in [0.2, 0.25) is 0 Å². The van der Waals surface area contributed by atoms with E-state index in [1.54, 1.807) is 18.2 Å². The van der Waals surface area contributed by atoms with E-state index in [0.717, 1.165) is 12.8 Å². The van der Waals surface area contributed by atoms with E-state index in [1.807, 2.05) is 0 Å². The zero-order valence-corrected chi connectivity index (χ0v) is 13.2. The zero-order valence-electron chi connectivity index (χ0n) is 12.4. The fourth-order valence-electron chi connectivity index (χ4n) is 2.54. The predicted molar refractivity (Wildman–Crippen MR) is 81.2 cm³/mol. The highest BCUT2D eigenvalue weighted by molar-refractivity contribution is 7.89. The van der Waals surface area contributed by atoms with Gasteiger partial charge in [0, 0.05) is 0 Å². The van der Waals surface area contributed by atoms with Gasteiger partial charge in [0.25, 0.3) is 0 Å². The van der Waals surface area contributed by atoms with Crippen LogP contribution in [-0.2, 0) is 14.8 Å². The molecule has 0 radical (unpaired) electrons. The second kappa shape index (κ2) is 6.46. The van der Waals surface area contributed by atoms with Crippen molar-refractivity contribution >= 4 is 15.9 Å². The predicted octanol–water partition coefficient (Wildman–Crippen LogP) is 1.31. The Hall–Kier alpha value is -1.91. The van der Waals surface area contributed by atoms with Gasteiger partial charge in [-0.25, -0.2) is 8.42 Å². The van der Waals surface area contributed by atoms with Crippen molar-refractivity contribution < 1.29 is 13.2 Å². The highest BCUT2D eigenvalue weighted by atomic mass is 32.2. The lowest BCUT2D eigenvalue weighted by atomic mass is 9.99. The van der Waals surface area contributed by atoms with Gasteiger partial charge in [-0.2, -0.15) is 9.98 Å². The molecule has 1 aromatic carbocycles. The summed E-state index contributed by atoms with van der Waals surface area (Å²) in [5.74, 6) is -0.483. The molecule has 1 aliphatic carbocycles. The highest BCUT2D eigenvalue weighted by Gasteiger charge is 2.37. The monoisotopic (exact) mass is 321 g/mol. The minimum Gasteiger partial charge on any atom is -0.336 e. The lowest BCUT2D eigenvalue weighted by Crippen LogP contribution is -2.52. The van der Waals surface area contributed by atoms with Gasteiger partial charge in [0.1, 0.15) is 5.54 Å². The molecule has 0 saturated heterocycles. The van der Waals surface area contributed by atoms with Gasteiger partial charge in [0.05, 0.1) is 17.0 Å². The summed E-state index contributed by atoms with van der Waals surface area (Å²) in [6.45, 7) is 1.47. The minimum absolute atomic E-state index is 0.102. The first-order valence-electron chi connectivity index (χ1n) is 7.19. The SMILES string of the molecule is C[C@H](NS(=O)(=O)c1ccccc1)C(=O)NC1(C#N)CCCC1. The number of nitrogens with one attached hydrogen (secondary N) is 2. The van der Waals surface area contributed by atoms with E-state index in [9.17, 15) is 18.5 Å². The van der Waals surface area contributed by atoms with Gasteiger partial charge in [0.2, 0.25) is 15.9 Å². The number of amides is 1. The molecule has 0 spiro atoms. The molecule has 1 aliphatic rings. The molecule has 0 unspecified atom stereocenters. The van der Waals surface area contributed by atoms with Crippen molar-refractivity contribution in [2.75, 3.05) is 0 Å². The number of sulfonamides is 1. The molecule has 1 aromatic rings. The number of carbonyl (C=O) groups is 1. The van der Waals surface area contributed by atoms with E-state index in [1.165, 1.54) is 19.1 Å². The topological polar surface area (TPSA) is 99.1 Å². The lowest BCUT2D eigenvalue weighted by Gasteiger charge is -2.24. The summed E-state index contributed by atoms with van der Waals surface area (Å²) in [7, 11) is -3.76. The second-order valence-electron chi connectivity index (χ2n) is 5.55. The first kappa shape index (κ1) is 16.5. The van der Waals surface area contributed by atoms with Crippen molar-refractivity contribution in [3.8, 4) is 6.07 Å². The normalized spacial score (nSPS) is 18.4. The van der Waals surface area contributed by atoms with E-state index < -0.39 is 27.5 Å². The summed E-state index contributed by atoms with van der Waals surface area (Å²) < 4.78 is 26.7. The average molecular weight is 321 g/mol. The van der Waals surface area contributed by atoms with Crippen LogP contribution in [0.15, 0.2) is 35.2 Å². The Morgan fingerprint density at radius 2 is 1.86 bits per heavy atom. The molecule has 1 saturated carbocycles. The number of hydrogen-bond donors (Lipinski definition) is 2. The van der Waals surface area contributed by atoms with Crippen LogP contribution >= 0.6 is 0 Å². The summed E-state index contributed by atoms with van der Waals surface area (Å²) in [5.41, 5.74) is -0.858. The maximum Gasteiger partial charge on any atom is 0.241 e. The molecule has 118 valence electrons. The molecule has 0 aromatic heterocycles. The molecule has 1 amide bonds. The Morgan fingerprint density at radius 1 is 1.27 bits per heavy atom. The van der Waals surface area contributed by atoms with Crippen molar-refractivity contribution in [1.82, 2.24) is 10.0 Å². The third kappa shape index (κ3) is 3.64. The summed E-state index contributed by atoms with van der Waals surface area (Å²) in [4.78, 5) is 12.3. The number of benzene rings is 1. The van der Waals surface area contributed by atoms with Crippen molar-refractivity contribution in [1.29, 1.82) is 5.26 Å². The quantitative estimate of drug-likeness (QED) is 0.854. The molecule has 6 nitrogen and oxygen atoms in total. The van der Waals surface area contributed by atoms with Gasteiger partial charge in [-0.3, -0.25) is 4.79 Å². The molecular formula is C15H19N3O3S. The lowest BCUT2D eigenvalue weighted by molar-refractivity contribution is -0.123. The van der Waals surface area contributed by atoms with Gasteiger partial charge >= 0.3 is 0 Å². The van der Waals surface area contributed by atoms with Crippen LogP contribution in [0.25, 0.3) is 0 Å². The van der Waals surface area contributed by atoms with Crippen molar-refractivity contribution in [3.05, 3.63) is 30.3 Å². The smallest absolute Gasteiger partial charge is 0.241 e. The summed E-state index contributed by atoms with van der Waals surface area (Å²) >= 11 is 0. The third-order valence-electron chi connectivity index (χ3n) is 3.81. The van der Waals surface area contributed by atoms with Gasteiger partial charge < -0.3 is 5.32 Å². The van der Waals surface area contributed by atoms with Crippen LogP contribution in [0.5, 0.6) is 0 Å². The van der Waals surface area contributed by atoms with Crippen LogP contribution in [0.3, 0.4) is 0 Å². The number of carbonyl (C=O) groups excluding carboxylic acids is 1. The first-order chi connectivity index (χ1) is 10.4. The van der Waals surface area contributed by atoms with Crippen LogP contribution in [0, 0.1) is 11.3 Å². The minimum atomic E-state index is -3.76. The Bertz CT molecular complexity index is 674. The fourth-order valence-corrected chi connectivity index (χ4v) is 3.77. The molecule has 0 bridgehead atoms. The Kier molecular flexibility index (Phi) is 4.84. The van der Waals surface area contributed by atoms with E-state index in [-0.39, 0.29) is 4.90 Å². The Morgan fingerprint density at radius 3 is 2.41 bits per heavy atom. The second-order valence-corrected chi connectivity index (χ2v) is 7.26. The van der Waals surface area contributed by atoms with E-state index in [4.69, 9.17) is 0 Å². The van der Waals surface area contributed by atoms with Crippen molar-refractivity contribution in [2.24, 2.45) is 0 Å². The Balaban J connectivity index is 2.04. The van der Waals surface area contributed by atoms with Crippen LogP contribution in [0.4, 0.5) is 0 Å². The molecule has 1 atom stereocenters. The van der Waals surface area contributed by atoms with Gasteiger partial charge in [-0.1, -0.05) is 18.2 Å². The largest absolute Gasteiger partial charge is 0.336 e. The molecule has 0 heterocycles. The first-order valence-corrected chi connectivity index (χ1v) is 8.67. The van der Waals surface area contributed by atoms with Crippen molar-refractivity contribution in [2.45, 2.75) is 49.1 Å². The summed E-state index contributed by atoms with van der Waals surface area (Å²) in [5, 5.41) is 11.9. The maximum atomic E-state index is 12.2. The van der Waals surface area contributed by atoms with Crippen LogP contribution in [-0.4, -0.2) is 25.9 Å². The number of nitriles is 1. The number of hydrogen-bond acceptors (Lipinski definition) is 4. The van der Waals surface area contributed by atoms with Crippen molar-refractivity contribution in [3.63, 3.8) is 0 Å². The summed E-state index contributed by atoms with van der Waals surface area (Å²) in [6.07, 6.45) is 2.98.